The van der Waals surface area contributed by atoms with E-state index in [-0.39, 0.29) is 30.9 Å². The van der Waals surface area contributed by atoms with Crippen molar-refractivity contribution in [3.63, 3.8) is 0 Å². The van der Waals surface area contributed by atoms with Gasteiger partial charge in [0, 0.05) is 13.1 Å². The van der Waals surface area contributed by atoms with Crippen LogP contribution in [0.1, 0.15) is 30.0 Å². The molecule has 2 aromatic rings. The molecule has 2 amide bonds. The minimum Gasteiger partial charge on any atom is -0.346 e. The molecule has 0 aromatic heterocycles. The Bertz CT molecular complexity index is 673. The number of likely N-dealkylation sites (tertiary alicyclic amines) is 1. The molecule has 3 rings (SSSR count). The largest absolute Gasteiger partial charge is 0.346 e. The first kappa shape index (κ1) is 18.1. The van der Waals surface area contributed by atoms with Gasteiger partial charge in [-0.05, 0) is 24.0 Å². The first-order chi connectivity index (χ1) is 12.7. The van der Waals surface area contributed by atoms with Crippen LogP contribution in [0.3, 0.4) is 0 Å². The molecule has 5 nitrogen and oxygen atoms in total. The number of amides is 2. The summed E-state index contributed by atoms with van der Waals surface area (Å²) in [6, 6.07) is 20.0. The van der Waals surface area contributed by atoms with Crippen LogP contribution in [0.15, 0.2) is 60.7 Å². The van der Waals surface area contributed by atoms with E-state index in [4.69, 9.17) is 0 Å². The number of benzene rings is 2. The van der Waals surface area contributed by atoms with Gasteiger partial charge >= 0.3 is 0 Å². The number of carbonyl (C=O) groups is 2. The number of carbonyl (C=O) groups excluding carboxylic acids is 2. The van der Waals surface area contributed by atoms with Gasteiger partial charge in [0.2, 0.25) is 11.8 Å². The second-order valence-corrected chi connectivity index (χ2v) is 6.50. The van der Waals surface area contributed by atoms with Crippen LogP contribution in [0.2, 0.25) is 0 Å². The lowest BCUT2D eigenvalue weighted by Crippen LogP contribution is -2.42. The highest BCUT2D eigenvalue weighted by atomic mass is 16.2. The van der Waals surface area contributed by atoms with Crippen LogP contribution in [-0.2, 0) is 9.59 Å². The van der Waals surface area contributed by atoms with E-state index in [1.165, 1.54) is 0 Å². The van der Waals surface area contributed by atoms with E-state index >= 15 is 0 Å². The molecular formula is C21H25N3O2. The minimum absolute atomic E-state index is 0.00137. The lowest BCUT2D eigenvalue weighted by Gasteiger charge is -2.20. The van der Waals surface area contributed by atoms with Gasteiger partial charge < -0.3 is 10.2 Å². The first-order valence-corrected chi connectivity index (χ1v) is 9.12. The van der Waals surface area contributed by atoms with Gasteiger partial charge in [-0.2, -0.15) is 0 Å². The highest BCUT2D eigenvalue weighted by Gasteiger charge is 2.19. The predicted octanol–water partition coefficient (Wildman–Crippen LogP) is 2.10. The maximum absolute atomic E-state index is 12.2. The molecule has 26 heavy (non-hydrogen) atoms. The van der Waals surface area contributed by atoms with Crippen LogP contribution in [-0.4, -0.2) is 42.9 Å². The van der Waals surface area contributed by atoms with Crippen molar-refractivity contribution in [3.05, 3.63) is 71.8 Å². The maximum Gasteiger partial charge on any atom is 0.241 e. The number of hydrogen-bond acceptors (Lipinski definition) is 3. The van der Waals surface area contributed by atoms with Crippen molar-refractivity contribution in [2.24, 2.45) is 0 Å². The quantitative estimate of drug-likeness (QED) is 0.803. The van der Waals surface area contributed by atoms with Crippen molar-refractivity contribution in [3.8, 4) is 0 Å². The van der Waals surface area contributed by atoms with Crippen molar-refractivity contribution in [1.29, 1.82) is 0 Å². The molecule has 0 radical (unpaired) electrons. The molecule has 0 spiro atoms. The monoisotopic (exact) mass is 351 g/mol. The van der Waals surface area contributed by atoms with Gasteiger partial charge in [-0.25, -0.2) is 0 Å². The summed E-state index contributed by atoms with van der Waals surface area (Å²) in [6.45, 7) is 1.83. The van der Waals surface area contributed by atoms with Crippen molar-refractivity contribution < 1.29 is 9.59 Å². The number of nitrogens with zero attached hydrogens (tertiary/aromatic N) is 1. The average molecular weight is 351 g/mol. The molecule has 2 N–H and O–H groups in total. The Kier molecular flexibility index (Phi) is 6.39. The van der Waals surface area contributed by atoms with Gasteiger partial charge in [0.1, 0.15) is 0 Å². The van der Waals surface area contributed by atoms with E-state index in [9.17, 15) is 9.59 Å². The normalized spacial score (nSPS) is 13.8. The third-order valence-corrected chi connectivity index (χ3v) is 4.63. The Hall–Kier alpha value is -2.66. The molecule has 0 unspecified atom stereocenters. The van der Waals surface area contributed by atoms with Crippen LogP contribution in [0.25, 0.3) is 0 Å². The van der Waals surface area contributed by atoms with Crippen LogP contribution < -0.4 is 10.6 Å². The summed E-state index contributed by atoms with van der Waals surface area (Å²) >= 11 is 0. The Morgan fingerprint density at radius 1 is 0.846 bits per heavy atom. The summed E-state index contributed by atoms with van der Waals surface area (Å²) in [5.41, 5.74) is 2.19. The fraction of sp³-hybridized carbons (Fsp3) is 0.333. The summed E-state index contributed by atoms with van der Waals surface area (Å²) in [7, 11) is 0. The molecule has 1 aliphatic heterocycles. The van der Waals surface area contributed by atoms with E-state index in [0.717, 1.165) is 37.1 Å². The zero-order valence-electron chi connectivity index (χ0n) is 14.9. The fourth-order valence-electron chi connectivity index (χ4n) is 3.23. The highest BCUT2D eigenvalue weighted by Crippen LogP contribution is 2.21. The van der Waals surface area contributed by atoms with Crippen molar-refractivity contribution in [2.45, 2.75) is 18.9 Å². The third kappa shape index (κ3) is 4.92. The maximum atomic E-state index is 12.2. The predicted molar refractivity (Wildman–Crippen MR) is 102 cm³/mol. The van der Waals surface area contributed by atoms with Gasteiger partial charge in [0.15, 0.2) is 0 Å². The summed E-state index contributed by atoms with van der Waals surface area (Å²) in [4.78, 5) is 26.0. The summed E-state index contributed by atoms with van der Waals surface area (Å²) < 4.78 is 0. The summed E-state index contributed by atoms with van der Waals surface area (Å²) in [5.74, 6) is -0.173. The molecule has 136 valence electrons. The first-order valence-electron chi connectivity index (χ1n) is 9.12. The second-order valence-electron chi connectivity index (χ2n) is 6.50. The van der Waals surface area contributed by atoms with E-state index in [1.807, 2.05) is 65.6 Å². The van der Waals surface area contributed by atoms with Crippen LogP contribution >= 0.6 is 0 Å². The van der Waals surface area contributed by atoms with Crippen molar-refractivity contribution in [1.82, 2.24) is 15.5 Å². The molecule has 0 saturated carbocycles. The molecule has 5 heteroatoms. The van der Waals surface area contributed by atoms with E-state index in [2.05, 4.69) is 10.6 Å². The fourth-order valence-corrected chi connectivity index (χ4v) is 3.23. The third-order valence-electron chi connectivity index (χ3n) is 4.63. The second kappa shape index (κ2) is 9.15. The van der Waals surface area contributed by atoms with Crippen molar-refractivity contribution in [2.75, 3.05) is 26.2 Å². The van der Waals surface area contributed by atoms with Crippen molar-refractivity contribution >= 4 is 11.8 Å². The highest BCUT2D eigenvalue weighted by molar-refractivity contribution is 5.85. The standard InChI is InChI=1S/C21H25N3O2/c25-19(22-16-20(26)24-13-7-8-14-24)15-23-21(17-9-3-1-4-10-17)18-11-5-2-6-12-18/h1-6,9-12,21,23H,7-8,13-16H2,(H,22,25). The van der Waals surface area contributed by atoms with Gasteiger partial charge in [0.25, 0.3) is 0 Å². The number of hydrogen-bond donors (Lipinski definition) is 2. The number of nitrogens with one attached hydrogen (secondary N) is 2. The van der Waals surface area contributed by atoms with Gasteiger partial charge in [-0.3, -0.25) is 14.9 Å². The Morgan fingerprint density at radius 3 is 1.92 bits per heavy atom. The molecule has 2 aromatic carbocycles. The van der Waals surface area contributed by atoms with E-state index in [0.29, 0.717) is 0 Å². The molecule has 0 aliphatic carbocycles. The Balaban J connectivity index is 1.55. The van der Waals surface area contributed by atoms with Gasteiger partial charge in [-0.1, -0.05) is 60.7 Å². The smallest absolute Gasteiger partial charge is 0.241 e. The van der Waals surface area contributed by atoms with Crippen LogP contribution in [0.5, 0.6) is 0 Å². The van der Waals surface area contributed by atoms with Crippen LogP contribution in [0.4, 0.5) is 0 Å². The summed E-state index contributed by atoms with van der Waals surface area (Å²) in [5, 5.41) is 6.03. The molecule has 1 saturated heterocycles. The lowest BCUT2D eigenvalue weighted by molar-refractivity contribution is -0.131. The molecular weight excluding hydrogens is 326 g/mol. The van der Waals surface area contributed by atoms with E-state index in [1.54, 1.807) is 0 Å². The topological polar surface area (TPSA) is 61.4 Å². The number of rotatable bonds is 7. The van der Waals surface area contributed by atoms with Gasteiger partial charge in [-0.15, -0.1) is 0 Å². The zero-order valence-corrected chi connectivity index (χ0v) is 14.9. The molecule has 1 aliphatic rings. The Labute approximate surface area is 154 Å². The minimum atomic E-state index is -0.172. The SMILES string of the molecule is O=C(CNC(c1ccccc1)c1ccccc1)NCC(=O)N1CCCC1. The molecule has 1 fully saturated rings. The molecule has 1 heterocycles. The molecule has 0 bridgehead atoms. The van der Waals surface area contributed by atoms with Gasteiger partial charge in [0.05, 0.1) is 19.1 Å². The van der Waals surface area contributed by atoms with E-state index < -0.39 is 0 Å². The molecule has 0 atom stereocenters. The zero-order chi connectivity index (χ0) is 18.2. The lowest BCUT2D eigenvalue weighted by atomic mass is 9.99. The van der Waals surface area contributed by atoms with Crippen LogP contribution in [0, 0.1) is 0 Å². The summed E-state index contributed by atoms with van der Waals surface area (Å²) in [6.07, 6.45) is 2.11. The Morgan fingerprint density at radius 2 is 1.38 bits per heavy atom. The average Bonchev–Trinajstić information content (AvgIpc) is 3.23.